The van der Waals surface area contributed by atoms with Crippen molar-refractivity contribution in [2.75, 3.05) is 18.0 Å². The number of halogens is 1. The van der Waals surface area contributed by atoms with Crippen molar-refractivity contribution in [1.29, 1.82) is 0 Å². The summed E-state index contributed by atoms with van der Waals surface area (Å²) < 4.78 is 0.989. The molecule has 1 aromatic heterocycles. The molecule has 0 N–H and O–H groups in total. The van der Waals surface area contributed by atoms with Gasteiger partial charge in [-0.1, -0.05) is 13.8 Å². The molecule has 0 atom stereocenters. The third kappa shape index (κ3) is 2.48. The lowest BCUT2D eigenvalue weighted by Gasteiger charge is -2.38. The van der Waals surface area contributed by atoms with Gasteiger partial charge in [0.2, 0.25) is 0 Å². The quantitative estimate of drug-likeness (QED) is 0.785. The second-order valence-corrected chi connectivity index (χ2v) is 5.74. The van der Waals surface area contributed by atoms with Gasteiger partial charge in [-0.25, -0.2) is 9.97 Å². The standard InChI is InChI=1S/C11H16BrN3/c1-11(2)4-3-5-15(7-11)10-9(12)6-13-8-14-10/h6,8H,3-5,7H2,1-2H3. The minimum absolute atomic E-state index is 0.392. The van der Waals surface area contributed by atoms with Gasteiger partial charge < -0.3 is 4.90 Å². The van der Waals surface area contributed by atoms with E-state index in [0.29, 0.717) is 5.41 Å². The number of hydrogen-bond acceptors (Lipinski definition) is 3. The van der Waals surface area contributed by atoms with Gasteiger partial charge in [0.05, 0.1) is 4.47 Å². The van der Waals surface area contributed by atoms with Gasteiger partial charge in [0.1, 0.15) is 12.1 Å². The Hall–Kier alpha value is -0.640. The highest BCUT2D eigenvalue weighted by molar-refractivity contribution is 9.10. The van der Waals surface area contributed by atoms with Crippen LogP contribution in [-0.4, -0.2) is 23.1 Å². The van der Waals surface area contributed by atoms with Gasteiger partial charge in [-0.05, 0) is 34.2 Å². The predicted molar refractivity (Wildman–Crippen MR) is 65.0 cm³/mol. The maximum Gasteiger partial charge on any atom is 0.146 e. The van der Waals surface area contributed by atoms with Gasteiger partial charge in [0, 0.05) is 19.3 Å². The predicted octanol–water partition coefficient (Wildman–Crippen LogP) is 2.87. The number of nitrogens with zero attached hydrogens (tertiary/aromatic N) is 3. The van der Waals surface area contributed by atoms with Crippen LogP contribution in [0.4, 0.5) is 5.82 Å². The van der Waals surface area contributed by atoms with Gasteiger partial charge in [-0.3, -0.25) is 0 Å². The number of hydrogen-bond donors (Lipinski definition) is 0. The van der Waals surface area contributed by atoms with Crippen molar-refractivity contribution in [3.8, 4) is 0 Å². The van der Waals surface area contributed by atoms with E-state index < -0.39 is 0 Å². The largest absolute Gasteiger partial charge is 0.355 e. The van der Waals surface area contributed by atoms with Crippen LogP contribution in [0.5, 0.6) is 0 Å². The van der Waals surface area contributed by atoms with Gasteiger partial charge >= 0.3 is 0 Å². The summed E-state index contributed by atoms with van der Waals surface area (Å²) in [5, 5.41) is 0. The fourth-order valence-electron chi connectivity index (χ4n) is 2.14. The molecule has 1 aliphatic heterocycles. The molecule has 15 heavy (non-hydrogen) atoms. The monoisotopic (exact) mass is 269 g/mol. The molecular weight excluding hydrogens is 254 g/mol. The van der Waals surface area contributed by atoms with Crippen LogP contribution >= 0.6 is 15.9 Å². The molecular formula is C11H16BrN3. The zero-order valence-electron chi connectivity index (χ0n) is 9.20. The van der Waals surface area contributed by atoms with Gasteiger partial charge in [-0.15, -0.1) is 0 Å². The molecule has 0 saturated carbocycles. The van der Waals surface area contributed by atoms with Crippen LogP contribution in [0.2, 0.25) is 0 Å². The third-order valence-electron chi connectivity index (χ3n) is 2.85. The summed E-state index contributed by atoms with van der Waals surface area (Å²) >= 11 is 3.50. The fraction of sp³-hybridized carbons (Fsp3) is 0.636. The summed E-state index contributed by atoms with van der Waals surface area (Å²) in [5.74, 6) is 1.03. The summed E-state index contributed by atoms with van der Waals surface area (Å²) in [4.78, 5) is 10.7. The number of aromatic nitrogens is 2. The summed E-state index contributed by atoms with van der Waals surface area (Å²) in [6.07, 6.45) is 5.96. The first-order chi connectivity index (χ1) is 7.08. The van der Waals surface area contributed by atoms with E-state index in [0.717, 1.165) is 23.4 Å². The smallest absolute Gasteiger partial charge is 0.146 e. The van der Waals surface area contributed by atoms with E-state index >= 15 is 0 Å². The van der Waals surface area contributed by atoms with Crippen LogP contribution in [0.3, 0.4) is 0 Å². The van der Waals surface area contributed by atoms with Crippen LogP contribution in [-0.2, 0) is 0 Å². The first-order valence-electron chi connectivity index (χ1n) is 5.29. The molecule has 0 bridgehead atoms. The summed E-state index contributed by atoms with van der Waals surface area (Å²) in [7, 11) is 0. The Bertz CT molecular complexity index is 351. The highest BCUT2D eigenvalue weighted by atomic mass is 79.9. The van der Waals surface area contributed by atoms with Crippen LogP contribution < -0.4 is 4.90 Å². The first kappa shape index (κ1) is 10.9. The van der Waals surface area contributed by atoms with Crippen molar-refractivity contribution >= 4 is 21.7 Å². The highest BCUT2D eigenvalue weighted by Crippen LogP contribution is 2.33. The van der Waals surface area contributed by atoms with Crippen molar-refractivity contribution < 1.29 is 0 Å². The molecule has 1 saturated heterocycles. The Morgan fingerprint density at radius 3 is 2.93 bits per heavy atom. The van der Waals surface area contributed by atoms with Crippen molar-refractivity contribution in [2.45, 2.75) is 26.7 Å². The van der Waals surface area contributed by atoms with E-state index in [1.807, 2.05) is 6.20 Å². The van der Waals surface area contributed by atoms with E-state index in [-0.39, 0.29) is 0 Å². The van der Waals surface area contributed by atoms with E-state index in [9.17, 15) is 0 Å². The molecule has 0 aliphatic carbocycles. The minimum atomic E-state index is 0.392. The normalized spacial score (nSPS) is 20.3. The first-order valence-corrected chi connectivity index (χ1v) is 6.08. The van der Waals surface area contributed by atoms with Crippen LogP contribution in [0.15, 0.2) is 17.0 Å². The Morgan fingerprint density at radius 1 is 1.47 bits per heavy atom. The topological polar surface area (TPSA) is 29.0 Å². The Balaban J connectivity index is 2.21. The maximum absolute atomic E-state index is 4.34. The number of rotatable bonds is 1. The average molecular weight is 270 g/mol. The number of anilines is 1. The van der Waals surface area contributed by atoms with Crippen molar-refractivity contribution in [3.63, 3.8) is 0 Å². The lowest BCUT2D eigenvalue weighted by Crippen LogP contribution is -2.40. The summed E-state index contributed by atoms with van der Waals surface area (Å²) in [6.45, 7) is 6.80. The van der Waals surface area contributed by atoms with Gasteiger partial charge in [0.25, 0.3) is 0 Å². The van der Waals surface area contributed by atoms with Crippen LogP contribution in [0.1, 0.15) is 26.7 Å². The molecule has 0 amide bonds. The van der Waals surface area contributed by atoms with E-state index in [1.165, 1.54) is 12.8 Å². The van der Waals surface area contributed by atoms with Crippen molar-refractivity contribution in [1.82, 2.24) is 9.97 Å². The van der Waals surface area contributed by atoms with Crippen LogP contribution in [0, 0.1) is 5.41 Å². The van der Waals surface area contributed by atoms with E-state index in [1.54, 1.807) is 6.33 Å². The summed E-state index contributed by atoms with van der Waals surface area (Å²) in [5.41, 5.74) is 0.392. The Kier molecular flexibility index (Phi) is 2.96. The van der Waals surface area contributed by atoms with Gasteiger partial charge in [-0.2, -0.15) is 0 Å². The van der Waals surface area contributed by atoms with Crippen molar-refractivity contribution in [3.05, 3.63) is 17.0 Å². The average Bonchev–Trinajstić information content (AvgIpc) is 2.17. The zero-order chi connectivity index (χ0) is 10.9. The highest BCUT2D eigenvalue weighted by Gasteiger charge is 2.27. The maximum atomic E-state index is 4.34. The zero-order valence-corrected chi connectivity index (χ0v) is 10.8. The van der Waals surface area contributed by atoms with E-state index in [2.05, 4.69) is 44.6 Å². The molecule has 82 valence electrons. The van der Waals surface area contributed by atoms with Crippen LogP contribution in [0.25, 0.3) is 0 Å². The number of piperidine rings is 1. The molecule has 0 unspecified atom stereocenters. The third-order valence-corrected chi connectivity index (χ3v) is 3.41. The van der Waals surface area contributed by atoms with Gasteiger partial charge in [0.15, 0.2) is 0 Å². The molecule has 0 aromatic carbocycles. The van der Waals surface area contributed by atoms with Crippen molar-refractivity contribution in [2.24, 2.45) is 5.41 Å². The molecule has 2 heterocycles. The molecule has 1 aromatic rings. The molecule has 0 spiro atoms. The minimum Gasteiger partial charge on any atom is -0.355 e. The molecule has 2 rings (SSSR count). The second-order valence-electron chi connectivity index (χ2n) is 4.88. The summed E-state index contributed by atoms with van der Waals surface area (Å²) in [6, 6.07) is 0. The Morgan fingerprint density at radius 2 is 2.27 bits per heavy atom. The molecule has 3 nitrogen and oxygen atoms in total. The molecule has 1 aliphatic rings. The lowest BCUT2D eigenvalue weighted by molar-refractivity contribution is 0.292. The Labute approximate surface area is 99.0 Å². The van der Waals surface area contributed by atoms with E-state index in [4.69, 9.17) is 0 Å². The molecule has 0 radical (unpaired) electrons. The SMILES string of the molecule is CC1(C)CCCN(c2ncncc2Br)C1. The molecule has 4 heteroatoms. The fourth-order valence-corrected chi connectivity index (χ4v) is 2.61. The second kappa shape index (κ2) is 4.08. The lowest BCUT2D eigenvalue weighted by atomic mass is 9.84. The molecule has 1 fully saturated rings.